The highest BCUT2D eigenvalue weighted by molar-refractivity contribution is 5.97. The number of carbonyl (C=O) groups is 3. The number of hydrogen-bond acceptors (Lipinski definition) is 3. The summed E-state index contributed by atoms with van der Waals surface area (Å²) in [5.41, 5.74) is -1.33. The smallest absolute Gasteiger partial charge is 0.326 e. The molecule has 27 heavy (non-hydrogen) atoms. The van der Waals surface area contributed by atoms with Gasteiger partial charge in [-0.2, -0.15) is 0 Å². The average Bonchev–Trinajstić information content (AvgIpc) is 2.85. The Morgan fingerprint density at radius 1 is 1.15 bits per heavy atom. The van der Waals surface area contributed by atoms with Crippen molar-refractivity contribution in [2.24, 2.45) is 11.3 Å². The maximum atomic E-state index is 13.4. The van der Waals surface area contributed by atoms with Crippen LogP contribution >= 0.6 is 0 Å². The molecule has 1 aliphatic carbocycles. The molecule has 2 saturated heterocycles. The topological polar surface area (TPSA) is 60.9 Å². The third-order valence-electron chi connectivity index (χ3n) is 6.16. The number of hydrogen-bond donors (Lipinski definition) is 0. The Morgan fingerprint density at radius 2 is 1.78 bits per heavy atom. The number of alkyl halides is 2. The van der Waals surface area contributed by atoms with Crippen LogP contribution in [0.4, 0.5) is 13.6 Å². The van der Waals surface area contributed by atoms with Gasteiger partial charge in [0.15, 0.2) is 0 Å². The van der Waals surface area contributed by atoms with E-state index in [0.717, 1.165) is 0 Å². The van der Waals surface area contributed by atoms with Gasteiger partial charge >= 0.3 is 6.03 Å². The first kappa shape index (κ1) is 20.0. The summed E-state index contributed by atoms with van der Waals surface area (Å²) >= 11 is 0. The van der Waals surface area contributed by atoms with Crippen LogP contribution in [0.1, 0.15) is 53.4 Å². The molecule has 3 aliphatic rings. The Balaban J connectivity index is 1.59. The third kappa shape index (κ3) is 3.80. The van der Waals surface area contributed by atoms with Crippen molar-refractivity contribution >= 4 is 17.8 Å². The molecule has 0 N–H and O–H groups in total. The quantitative estimate of drug-likeness (QED) is 0.731. The summed E-state index contributed by atoms with van der Waals surface area (Å²) in [4.78, 5) is 41.7. The van der Waals surface area contributed by atoms with Crippen LogP contribution < -0.4 is 0 Å². The van der Waals surface area contributed by atoms with Crippen molar-refractivity contribution in [1.82, 2.24) is 14.7 Å². The summed E-state index contributed by atoms with van der Waals surface area (Å²) in [6.45, 7) is 8.64. The van der Waals surface area contributed by atoms with Crippen LogP contribution in [0, 0.1) is 11.3 Å². The van der Waals surface area contributed by atoms with Crippen LogP contribution in [-0.2, 0) is 9.59 Å². The van der Waals surface area contributed by atoms with Gasteiger partial charge < -0.3 is 9.80 Å². The van der Waals surface area contributed by atoms with E-state index < -0.39 is 17.4 Å². The Kier molecular flexibility index (Phi) is 4.75. The van der Waals surface area contributed by atoms with E-state index in [1.807, 2.05) is 20.8 Å². The molecule has 152 valence electrons. The lowest BCUT2D eigenvalue weighted by Gasteiger charge is -2.36. The molecule has 6 nitrogen and oxygen atoms in total. The zero-order valence-electron chi connectivity index (χ0n) is 16.6. The number of likely N-dealkylation sites (tertiary alicyclic amines) is 1. The first-order valence-corrected chi connectivity index (χ1v) is 9.62. The van der Waals surface area contributed by atoms with Gasteiger partial charge in [-0.05, 0) is 27.2 Å². The number of amides is 4. The summed E-state index contributed by atoms with van der Waals surface area (Å²) in [5.74, 6) is -2.96. The van der Waals surface area contributed by atoms with Crippen molar-refractivity contribution in [1.29, 1.82) is 0 Å². The molecule has 8 heteroatoms. The fraction of sp³-hybridized carbons (Fsp3) is 0.842. The third-order valence-corrected chi connectivity index (χ3v) is 6.16. The molecular formula is C19H29F2N3O3. The summed E-state index contributed by atoms with van der Waals surface area (Å²) in [7, 11) is 0. The maximum Gasteiger partial charge on any atom is 0.326 e. The van der Waals surface area contributed by atoms with Crippen LogP contribution in [0.3, 0.4) is 0 Å². The van der Waals surface area contributed by atoms with Gasteiger partial charge in [-0.3, -0.25) is 14.5 Å². The van der Waals surface area contributed by atoms with Gasteiger partial charge in [0.2, 0.25) is 11.8 Å². The average molecular weight is 385 g/mol. The molecule has 4 amide bonds. The van der Waals surface area contributed by atoms with Crippen LogP contribution in [0.5, 0.6) is 0 Å². The minimum absolute atomic E-state index is 0.0325. The first-order valence-electron chi connectivity index (χ1n) is 9.62. The van der Waals surface area contributed by atoms with E-state index in [2.05, 4.69) is 0 Å². The Morgan fingerprint density at radius 3 is 2.30 bits per heavy atom. The Bertz CT molecular complexity index is 661. The molecule has 0 aromatic rings. The van der Waals surface area contributed by atoms with Crippen molar-refractivity contribution in [2.45, 2.75) is 64.8 Å². The standard InChI is InChI=1S/C19H29F2N3O3/c1-17(2,3)24-11-13(9-15(24)26)10-23-14(25)5-7-22(16(23)27)8-6-18(4)12-19(18,20)21/h13H,5-12H2,1-4H3. The Hall–Kier alpha value is -1.73. The van der Waals surface area contributed by atoms with Gasteiger partial charge in [0, 0.05) is 62.3 Å². The normalized spacial score (nSPS) is 31.1. The summed E-state index contributed by atoms with van der Waals surface area (Å²) < 4.78 is 26.8. The molecule has 0 bridgehead atoms. The van der Waals surface area contributed by atoms with Crippen LogP contribution in [0.2, 0.25) is 0 Å². The molecule has 0 aromatic heterocycles. The second kappa shape index (κ2) is 6.41. The maximum absolute atomic E-state index is 13.4. The van der Waals surface area contributed by atoms with Crippen molar-refractivity contribution in [3.8, 4) is 0 Å². The second-order valence-electron chi connectivity index (χ2n) is 9.46. The largest absolute Gasteiger partial charge is 0.337 e. The number of rotatable bonds is 5. The predicted octanol–water partition coefficient (Wildman–Crippen LogP) is 2.72. The Labute approximate surface area is 158 Å². The van der Waals surface area contributed by atoms with Gasteiger partial charge in [0.25, 0.3) is 5.92 Å². The van der Waals surface area contributed by atoms with E-state index in [1.54, 1.807) is 4.90 Å². The highest BCUT2D eigenvalue weighted by Gasteiger charge is 2.67. The number of urea groups is 1. The van der Waals surface area contributed by atoms with E-state index in [-0.39, 0.29) is 62.2 Å². The van der Waals surface area contributed by atoms with Gasteiger partial charge in [0.1, 0.15) is 0 Å². The SMILES string of the molecule is CC(C)(C)N1CC(CN2C(=O)CCN(CCC3(C)CC3(F)F)C2=O)CC1=O. The minimum Gasteiger partial charge on any atom is -0.337 e. The fourth-order valence-corrected chi connectivity index (χ4v) is 4.03. The highest BCUT2D eigenvalue weighted by Crippen LogP contribution is 2.62. The lowest BCUT2D eigenvalue weighted by atomic mass is 10.0. The fourth-order valence-electron chi connectivity index (χ4n) is 4.03. The van der Waals surface area contributed by atoms with Gasteiger partial charge in [-0.25, -0.2) is 13.6 Å². The molecule has 1 saturated carbocycles. The lowest BCUT2D eigenvalue weighted by molar-refractivity contribution is -0.132. The molecule has 3 rings (SSSR count). The van der Waals surface area contributed by atoms with Gasteiger partial charge in [-0.15, -0.1) is 0 Å². The van der Waals surface area contributed by atoms with Crippen molar-refractivity contribution in [3.05, 3.63) is 0 Å². The predicted molar refractivity (Wildman–Crippen MR) is 95.2 cm³/mol. The molecule has 0 radical (unpaired) electrons. The lowest BCUT2D eigenvalue weighted by Crippen LogP contribution is -2.54. The highest BCUT2D eigenvalue weighted by atomic mass is 19.3. The molecular weight excluding hydrogens is 356 g/mol. The number of nitrogens with zero attached hydrogens (tertiary/aromatic N) is 3. The van der Waals surface area contributed by atoms with Crippen molar-refractivity contribution < 1.29 is 23.2 Å². The molecule has 2 atom stereocenters. The van der Waals surface area contributed by atoms with E-state index >= 15 is 0 Å². The zero-order chi connectivity index (χ0) is 20.2. The van der Waals surface area contributed by atoms with E-state index in [4.69, 9.17) is 0 Å². The molecule has 0 spiro atoms. The molecule has 2 aliphatic heterocycles. The van der Waals surface area contributed by atoms with E-state index in [0.29, 0.717) is 13.0 Å². The molecule has 2 heterocycles. The van der Waals surface area contributed by atoms with E-state index in [9.17, 15) is 23.2 Å². The van der Waals surface area contributed by atoms with Crippen LogP contribution in [-0.4, -0.2) is 70.2 Å². The van der Waals surface area contributed by atoms with Crippen LogP contribution in [0.25, 0.3) is 0 Å². The molecule has 0 aromatic carbocycles. The minimum atomic E-state index is -2.65. The second-order valence-corrected chi connectivity index (χ2v) is 9.46. The van der Waals surface area contributed by atoms with E-state index in [1.165, 1.54) is 16.7 Å². The number of halogens is 2. The summed E-state index contributed by atoms with van der Waals surface area (Å²) in [5, 5.41) is 0. The van der Waals surface area contributed by atoms with Crippen LogP contribution in [0.15, 0.2) is 0 Å². The summed E-state index contributed by atoms with van der Waals surface area (Å²) in [6, 6.07) is -0.416. The molecule has 3 fully saturated rings. The number of imide groups is 1. The zero-order valence-corrected chi connectivity index (χ0v) is 16.6. The molecule has 2 unspecified atom stereocenters. The summed E-state index contributed by atoms with van der Waals surface area (Å²) in [6.07, 6.45) is 0.603. The monoisotopic (exact) mass is 385 g/mol. The number of carbonyl (C=O) groups excluding carboxylic acids is 3. The van der Waals surface area contributed by atoms with Gasteiger partial charge in [0.05, 0.1) is 0 Å². The van der Waals surface area contributed by atoms with Crippen molar-refractivity contribution in [3.63, 3.8) is 0 Å². The van der Waals surface area contributed by atoms with Crippen molar-refractivity contribution in [2.75, 3.05) is 26.2 Å². The van der Waals surface area contributed by atoms with Gasteiger partial charge in [-0.1, -0.05) is 6.92 Å². The first-order chi connectivity index (χ1) is 12.3.